The van der Waals surface area contributed by atoms with Crippen LogP contribution in [0.25, 0.3) is 37.0 Å². The van der Waals surface area contributed by atoms with E-state index in [2.05, 4.69) is 77.0 Å². The van der Waals surface area contributed by atoms with E-state index in [1.807, 2.05) is 46.2 Å². The Labute approximate surface area is 212 Å². The van der Waals surface area contributed by atoms with E-state index in [-0.39, 0.29) is 11.9 Å². The van der Waals surface area contributed by atoms with Crippen LogP contribution in [0, 0.1) is 0 Å². The van der Waals surface area contributed by atoms with E-state index in [9.17, 15) is 4.79 Å². The third kappa shape index (κ3) is 3.60. The maximum absolute atomic E-state index is 13.2. The molecule has 0 unspecified atom stereocenters. The average molecular weight is 486 g/mol. The van der Waals surface area contributed by atoms with Crippen molar-refractivity contribution in [3.05, 3.63) is 121 Å². The van der Waals surface area contributed by atoms with Gasteiger partial charge < -0.3 is 5.32 Å². The van der Waals surface area contributed by atoms with Crippen LogP contribution >= 0.6 is 11.3 Å². The van der Waals surface area contributed by atoms with Crippen LogP contribution in [-0.2, 0) is 0 Å². The van der Waals surface area contributed by atoms with Crippen molar-refractivity contribution >= 4 is 37.4 Å². The molecular formula is C31H23N3OS. The molecular weight excluding hydrogens is 462 g/mol. The molecule has 0 saturated heterocycles. The molecule has 174 valence electrons. The van der Waals surface area contributed by atoms with Gasteiger partial charge in [0.1, 0.15) is 5.69 Å². The highest BCUT2D eigenvalue weighted by Gasteiger charge is 2.39. The van der Waals surface area contributed by atoms with Gasteiger partial charge >= 0.3 is 0 Å². The molecule has 1 N–H and O–H groups in total. The first-order valence-electron chi connectivity index (χ1n) is 12.2. The van der Waals surface area contributed by atoms with Gasteiger partial charge in [-0.05, 0) is 41.3 Å². The molecule has 2 heterocycles. The minimum atomic E-state index is -0.0899. The number of carbonyl (C=O) groups excluding carboxylic acids is 1. The van der Waals surface area contributed by atoms with Gasteiger partial charge in [0.2, 0.25) is 0 Å². The molecule has 0 aliphatic heterocycles. The molecule has 7 rings (SSSR count). The van der Waals surface area contributed by atoms with Crippen molar-refractivity contribution in [2.45, 2.75) is 18.4 Å². The summed E-state index contributed by atoms with van der Waals surface area (Å²) in [4.78, 5) is 17.5. The predicted octanol–water partition coefficient (Wildman–Crippen LogP) is 7.19. The van der Waals surface area contributed by atoms with Gasteiger partial charge in [-0.2, -0.15) is 0 Å². The quantitative estimate of drug-likeness (QED) is 0.281. The summed E-state index contributed by atoms with van der Waals surface area (Å²) >= 11 is 1.82. The van der Waals surface area contributed by atoms with Crippen molar-refractivity contribution in [2.75, 3.05) is 0 Å². The Hall–Kier alpha value is -4.22. The molecule has 1 saturated carbocycles. The third-order valence-electron chi connectivity index (χ3n) is 7.05. The number of benzene rings is 4. The lowest BCUT2D eigenvalue weighted by Crippen LogP contribution is -2.28. The second-order valence-electron chi connectivity index (χ2n) is 9.31. The number of amides is 1. The van der Waals surface area contributed by atoms with Crippen LogP contribution in [0.15, 0.2) is 110 Å². The topological polar surface area (TPSA) is 46.9 Å². The summed E-state index contributed by atoms with van der Waals surface area (Å²) in [5.41, 5.74) is 5.07. The number of carbonyl (C=O) groups is 1. The average Bonchev–Trinajstić information content (AvgIpc) is 3.34. The molecule has 1 amide bonds. The molecule has 1 aliphatic rings. The van der Waals surface area contributed by atoms with Crippen LogP contribution in [0.3, 0.4) is 0 Å². The zero-order chi connectivity index (χ0) is 24.1. The summed E-state index contributed by atoms with van der Waals surface area (Å²) in [6, 6.07) is 33.9. The molecule has 5 heteroatoms. The number of aromatic nitrogens is 2. The molecule has 36 heavy (non-hydrogen) atoms. The summed E-state index contributed by atoms with van der Waals surface area (Å²) in [6.45, 7) is 0. The molecule has 4 nitrogen and oxygen atoms in total. The highest BCUT2D eigenvalue weighted by Crippen LogP contribution is 2.41. The first-order chi connectivity index (χ1) is 17.8. The van der Waals surface area contributed by atoms with Crippen LogP contribution in [0.1, 0.15) is 28.4 Å². The van der Waals surface area contributed by atoms with E-state index in [1.165, 1.54) is 31.3 Å². The minimum absolute atomic E-state index is 0.0899. The molecule has 4 aromatic carbocycles. The van der Waals surface area contributed by atoms with Gasteiger partial charge in [-0.15, -0.1) is 11.3 Å². The van der Waals surface area contributed by atoms with E-state index in [0.29, 0.717) is 11.6 Å². The highest BCUT2D eigenvalue weighted by atomic mass is 32.1. The SMILES string of the molecule is O=C(N[C@@H]1C[C@@H]1c1ccccc1)c1cncn1-c1cccc(-c2cccc3c2sc2ccccc23)c1. The van der Waals surface area contributed by atoms with Crippen molar-refractivity contribution in [1.29, 1.82) is 0 Å². The molecule has 0 radical (unpaired) electrons. The summed E-state index contributed by atoms with van der Waals surface area (Å²) in [5.74, 6) is 0.296. The van der Waals surface area contributed by atoms with Gasteiger partial charge in [0, 0.05) is 37.8 Å². The summed E-state index contributed by atoms with van der Waals surface area (Å²) in [5, 5.41) is 5.77. The number of nitrogens with one attached hydrogen (secondary N) is 1. The Morgan fingerprint density at radius 1 is 0.889 bits per heavy atom. The first-order valence-corrected chi connectivity index (χ1v) is 13.0. The number of hydrogen-bond acceptors (Lipinski definition) is 3. The van der Waals surface area contributed by atoms with Gasteiger partial charge in [0.15, 0.2) is 0 Å². The molecule has 1 aliphatic carbocycles. The van der Waals surface area contributed by atoms with E-state index in [4.69, 9.17) is 0 Å². The maximum Gasteiger partial charge on any atom is 0.270 e. The third-order valence-corrected chi connectivity index (χ3v) is 8.27. The van der Waals surface area contributed by atoms with Crippen LogP contribution in [0.2, 0.25) is 0 Å². The number of imidazole rings is 1. The first kappa shape index (κ1) is 21.1. The zero-order valence-corrected chi connectivity index (χ0v) is 20.3. The molecule has 2 atom stereocenters. The smallest absolute Gasteiger partial charge is 0.270 e. The number of thiophene rings is 1. The Kier molecular flexibility index (Phi) is 4.96. The Balaban J connectivity index is 1.20. The largest absolute Gasteiger partial charge is 0.347 e. The fourth-order valence-electron chi connectivity index (χ4n) is 5.13. The Bertz CT molecular complexity index is 1730. The predicted molar refractivity (Wildman–Crippen MR) is 147 cm³/mol. The van der Waals surface area contributed by atoms with E-state index < -0.39 is 0 Å². The second-order valence-corrected chi connectivity index (χ2v) is 10.4. The van der Waals surface area contributed by atoms with Crippen molar-refractivity contribution < 1.29 is 4.79 Å². The van der Waals surface area contributed by atoms with Gasteiger partial charge in [-0.1, -0.05) is 78.9 Å². The summed E-state index contributed by atoms with van der Waals surface area (Å²) in [7, 11) is 0. The van der Waals surface area contributed by atoms with Crippen LogP contribution < -0.4 is 5.32 Å². The van der Waals surface area contributed by atoms with E-state index >= 15 is 0 Å². The minimum Gasteiger partial charge on any atom is -0.347 e. The van der Waals surface area contributed by atoms with Gasteiger partial charge in [-0.3, -0.25) is 9.36 Å². The van der Waals surface area contributed by atoms with Gasteiger partial charge in [0.05, 0.1) is 12.5 Å². The van der Waals surface area contributed by atoms with Crippen LogP contribution in [0.5, 0.6) is 0 Å². The van der Waals surface area contributed by atoms with Crippen LogP contribution in [0.4, 0.5) is 0 Å². The van der Waals surface area contributed by atoms with Gasteiger partial charge in [-0.25, -0.2) is 4.98 Å². The normalized spacial score (nSPS) is 16.9. The fourth-order valence-corrected chi connectivity index (χ4v) is 6.37. The maximum atomic E-state index is 13.2. The van der Waals surface area contributed by atoms with Gasteiger partial charge in [0.25, 0.3) is 5.91 Å². The molecule has 2 aromatic heterocycles. The van der Waals surface area contributed by atoms with Crippen molar-refractivity contribution in [2.24, 2.45) is 0 Å². The van der Waals surface area contributed by atoms with Crippen LogP contribution in [-0.4, -0.2) is 21.5 Å². The molecule has 6 aromatic rings. The lowest BCUT2D eigenvalue weighted by atomic mass is 10.0. The lowest BCUT2D eigenvalue weighted by Gasteiger charge is -2.11. The lowest BCUT2D eigenvalue weighted by molar-refractivity contribution is 0.0943. The highest BCUT2D eigenvalue weighted by molar-refractivity contribution is 7.26. The number of rotatable bonds is 5. The monoisotopic (exact) mass is 485 g/mol. The number of nitrogens with zero attached hydrogens (tertiary/aromatic N) is 2. The standard InChI is InChI=1S/C31H23N3OS/c35-31(33-27-17-26(27)20-8-2-1-3-9-20)28-18-32-19-34(28)22-11-6-10-21(16-22)23-13-7-14-25-24-12-4-5-15-29(24)36-30(23)25/h1-16,18-19,26-27H,17H2,(H,33,35)/t26-,27-/m1/s1. The van der Waals surface area contributed by atoms with E-state index in [0.717, 1.165) is 17.7 Å². The Morgan fingerprint density at radius 3 is 2.61 bits per heavy atom. The van der Waals surface area contributed by atoms with Crippen molar-refractivity contribution in [3.8, 4) is 16.8 Å². The number of hydrogen-bond donors (Lipinski definition) is 1. The molecule has 0 bridgehead atoms. The van der Waals surface area contributed by atoms with Crippen molar-refractivity contribution in [1.82, 2.24) is 14.9 Å². The fraction of sp³-hybridized carbons (Fsp3) is 0.0968. The number of fused-ring (bicyclic) bond motifs is 3. The van der Waals surface area contributed by atoms with E-state index in [1.54, 1.807) is 12.5 Å². The Morgan fingerprint density at radius 2 is 1.69 bits per heavy atom. The zero-order valence-electron chi connectivity index (χ0n) is 19.5. The molecule has 1 fully saturated rings. The second kappa shape index (κ2) is 8.47. The molecule has 0 spiro atoms. The van der Waals surface area contributed by atoms with Crippen molar-refractivity contribution in [3.63, 3.8) is 0 Å². The summed E-state index contributed by atoms with van der Waals surface area (Å²) in [6.07, 6.45) is 4.34. The summed E-state index contributed by atoms with van der Waals surface area (Å²) < 4.78 is 4.45.